The molecule has 34 heavy (non-hydrogen) atoms. The fraction of sp³-hybridized carbons (Fsp3) is 0.385. The number of ether oxygens (including phenoxy) is 1. The van der Waals surface area contributed by atoms with Crippen LogP contribution in [-0.2, 0) is 17.9 Å². The van der Waals surface area contributed by atoms with Gasteiger partial charge < -0.3 is 15.0 Å². The highest BCUT2D eigenvalue weighted by molar-refractivity contribution is 5.93. The summed E-state index contributed by atoms with van der Waals surface area (Å²) in [5, 5.41) is 11.5. The SMILES string of the molecule is COc1ccc(CN2CC(CNC(=O)c3nnn(Cc4ccccc4)c3C3CC3)CC2=O)cc1. The second kappa shape index (κ2) is 9.67. The van der Waals surface area contributed by atoms with Gasteiger partial charge in [-0.15, -0.1) is 5.10 Å². The number of amides is 2. The van der Waals surface area contributed by atoms with Gasteiger partial charge in [0.2, 0.25) is 5.91 Å². The van der Waals surface area contributed by atoms with Crippen LogP contribution in [0.15, 0.2) is 54.6 Å². The lowest BCUT2D eigenvalue weighted by Gasteiger charge is -2.17. The van der Waals surface area contributed by atoms with Gasteiger partial charge in [-0.05, 0) is 36.1 Å². The second-order valence-electron chi connectivity index (χ2n) is 9.14. The zero-order valence-corrected chi connectivity index (χ0v) is 19.3. The Morgan fingerprint density at radius 3 is 2.50 bits per heavy atom. The summed E-state index contributed by atoms with van der Waals surface area (Å²) in [6.07, 6.45) is 2.55. The number of hydrogen-bond acceptors (Lipinski definition) is 5. The Kier molecular flexibility index (Phi) is 6.29. The molecular weight excluding hydrogens is 430 g/mol. The third-order valence-electron chi connectivity index (χ3n) is 6.51. The fourth-order valence-electron chi connectivity index (χ4n) is 4.53. The van der Waals surface area contributed by atoms with Crippen LogP contribution in [0.4, 0.5) is 0 Å². The molecule has 1 saturated carbocycles. The summed E-state index contributed by atoms with van der Waals surface area (Å²) in [5.74, 6) is 1.12. The molecule has 3 aromatic rings. The Hall–Kier alpha value is -3.68. The van der Waals surface area contributed by atoms with Gasteiger partial charge in [-0.25, -0.2) is 4.68 Å². The fourth-order valence-corrected chi connectivity index (χ4v) is 4.53. The number of hydrogen-bond donors (Lipinski definition) is 1. The monoisotopic (exact) mass is 459 g/mol. The molecule has 1 aliphatic heterocycles. The van der Waals surface area contributed by atoms with Gasteiger partial charge in [-0.1, -0.05) is 47.7 Å². The smallest absolute Gasteiger partial charge is 0.273 e. The molecule has 1 N–H and O–H groups in total. The van der Waals surface area contributed by atoms with E-state index < -0.39 is 0 Å². The molecule has 8 heteroatoms. The maximum atomic E-state index is 13.0. The highest BCUT2D eigenvalue weighted by Crippen LogP contribution is 2.41. The number of methoxy groups -OCH3 is 1. The normalized spacial score (nSPS) is 17.7. The number of benzene rings is 2. The zero-order valence-electron chi connectivity index (χ0n) is 19.3. The van der Waals surface area contributed by atoms with Crippen LogP contribution < -0.4 is 10.1 Å². The molecule has 2 fully saturated rings. The van der Waals surface area contributed by atoms with Gasteiger partial charge in [0, 0.05) is 37.9 Å². The van der Waals surface area contributed by atoms with Gasteiger partial charge in [-0.2, -0.15) is 0 Å². The Labute approximate surface area is 198 Å². The minimum Gasteiger partial charge on any atom is -0.497 e. The van der Waals surface area contributed by atoms with Gasteiger partial charge in [0.15, 0.2) is 5.69 Å². The van der Waals surface area contributed by atoms with Crippen molar-refractivity contribution < 1.29 is 14.3 Å². The first kappa shape index (κ1) is 22.1. The number of nitrogens with zero attached hydrogens (tertiary/aromatic N) is 4. The van der Waals surface area contributed by atoms with E-state index in [0.717, 1.165) is 35.4 Å². The molecule has 1 aliphatic carbocycles. The summed E-state index contributed by atoms with van der Waals surface area (Å²) in [6.45, 7) is 2.23. The molecule has 0 bridgehead atoms. The van der Waals surface area contributed by atoms with E-state index in [1.165, 1.54) is 0 Å². The number of aromatic nitrogens is 3. The van der Waals surface area contributed by atoms with Gasteiger partial charge in [0.05, 0.1) is 19.3 Å². The number of likely N-dealkylation sites (tertiary alicyclic amines) is 1. The summed E-state index contributed by atoms with van der Waals surface area (Å²) in [4.78, 5) is 27.4. The molecule has 176 valence electrons. The molecule has 2 heterocycles. The van der Waals surface area contributed by atoms with E-state index in [0.29, 0.717) is 44.2 Å². The molecule has 1 saturated heterocycles. The predicted octanol–water partition coefficient (Wildman–Crippen LogP) is 2.99. The molecule has 1 aromatic heterocycles. The van der Waals surface area contributed by atoms with Gasteiger partial charge in [-0.3, -0.25) is 9.59 Å². The van der Waals surface area contributed by atoms with E-state index in [1.807, 2.05) is 64.2 Å². The van der Waals surface area contributed by atoms with Crippen molar-refractivity contribution in [1.82, 2.24) is 25.2 Å². The minimum atomic E-state index is -0.206. The lowest BCUT2D eigenvalue weighted by atomic mass is 10.1. The Morgan fingerprint density at radius 1 is 1.06 bits per heavy atom. The van der Waals surface area contributed by atoms with Gasteiger partial charge >= 0.3 is 0 Å². The largest absolute Gasteiger partial charge is 0.497 e. The van der Waals surface area contributed by atoms with Crippen molar-refractivity contribution in [1.29, 1.82) is 0 Å². The molecular formula is C26H29N5O3. The van der Waals surface area contributed by atoms with E-state index in [9.17, 15) is 9.59 Å². The summed E-state index contributed by atoms with van der Waals surface area (Å²) < 4.78 is 7.05. The molecule has 5 rings (SSSR count). The van der Waals surface area contributed by atoms with Crippen molar-refractivity contribution in [2.75, 3.05) is 20.2 Å². The maximum absolute atomic E-state index is 13.0. The second-order valence-corrected chi connectivity index (χ2v) is 9.14. The Balaban J connectivity index is 1.19. The number of carbonyl (C=O) groups excluding carboxylic acids is 2. The quantitative estimate of drug-likeness (QED) is 0.531. The lowest BCUT2D eigenvalue weighted by Crippen LogP contribution is -2.32. The van der Waals surface area contributed by atoms with Crippen LogP contribution in [0.1, 0.15) is 52.5 Å². The van der Waals surface area contributed by atoms with Crippen LogP contribution in [0.5, 0.6) is 5.75 Å². The molecule has 1 unspecified atom stereocenters. The van der Waals surface area contributed by atoms with Crippen LogP contribution in [0.25, 0.3) is 0 Å². The first-order valence-corrected chi connectivity index (χ1v) is 11.8. The Morgan fingerprint density at radius 2 is 1.79 bits per heavy atom. The number of rotatable bonds is 9. The first-order chi connectivity index (χ1) is 16.6. The van der Waals surface area contributed by atoms with Crippen molar-refractivity contribution >= 4 is 11.8 Å². The molecule has 8 nitrogen and oxygen atoms in total. The van der Waals surface area contributed by atoms with Gasteiger partial charge in [0.25, 0.3) is 5.91 Å². The lowest BCUT2D eigenvalue weighted by molar-refractivity contribution is -0.128. The Bertz CT molecular complexity index is 1150. The van der Waals surface area contributed by atoms with Crippen molar-refractivity contribution in [2.45, 2.75) is 38.3 Å². The topological polar surface area (TPSA) is 89.3 Å². The van der Waals surface area contributed by atoms with E-state index >= 15 is 0 Å². The standard InChI is InChI=1S/C26H29N5O3/c1-34-22-11-7-19(8-12-22)15-30-16-20(13-23(30)32)14-27-26(33)24-25(21-9-10-21)31(29-28-24)17-18-5-3-2-4-6-18/h2-8,11-12,20-21H,9-10,13-17H2,1H3,(H,27,33). The summed E-state index contributed by atoms with van der Waals surface area (Å²) in [7, 11) is 1.63. The highest BCUT2D eigenvalue weighted by Gasteiger charge is 2.35. The van der Waals surface area contributed by atoms with Crippen molar-refractivity contribution in [3.8, 4) is 5.75 Å². The summed E-state index contributed by atoms with van der Waals surface area (Å²) in [5.41, 5.74) is 3.52. The van der Waals surface area contributed by atoms with Crippen LogP contribution in [0, 0.1) is 5.92 Å². The highest BCUT2D eigenvalue weighted by atomic mass is 16.5. The van der Waals surface area contributed by atoms with Crippen LogP contribution in [0.2, 0.25) is 0 Å². The third kappa shape index (κ3) is 4.95. The summed E-state index contributed by atoms with van der Waals surface area (Å²) in [6, 6.07) is 17.8. The van der Waals surface area contributed by atoms with Gasteiger partial charge in [0.1, 0.15) is 5.75 Å². The van der Waals surface area contributed by atoms with E-state index in [1.54, 1.807) is 7.11 Å². The molecule has 2 aliphatic rings. The average Bonchev–Trinajstić information content (AvgIpc) is 3.52. The third-order valence-corrected chi connectivity index (χ3v) is 6.51. The molecule has 2 amide bonds. The van der Waals surface area contributed by atoms with Crippen molar-refractivity contribution in [2.24, 2.45) is 5.92 Å². The predicted molar refractivity (Wildman–Crippen MR) is 126 cm³/mol. The van der Waals surface area contributed by atoms with Crippen LogP contribution in [-0.4, -0.2) is 51.9 Å². The maximum Gasteiger partial charge on any atom is 0.273 e. The average molecular weight is 460 g/mol. The van der Waals surface area contributed by atoms with Crippen LogP contribution >= 0.6 is 0 Å². The molecule has 0 spiro atoms. The molecule has 1 atom stereocenters. The van der Waals surface area contributed by atoms with Crippen molar-refractivity contribution in [3.05, 3.63) is 77.1 Å². The van der Waals surface area contributed by atoms with E-state index in [-0.39, 0.29) is 17.7 Å². The molecule has 2 aromatic carbocycles. The molecule has 0 radical (unpaired) electrons. The van der Waals surface area contributed by atoms with E-state index in [2.05, 4.69) is 15.6 Å². The van der Waals surface area contributed by atoms with Crippen LogP contribution in [0.3, 0.4) is 0 Å². The zero-order chi connectivity index (χ0) is 23.5. The summed E-state index contributed by atoms with van der Waals surface area (Å²) >= 11 is 0. The number of carbonyl (C=O) groups is 2. The minimum absolute atomic E-state index is 0.0819. The van der Waals surface area contributed by atoms with Crippen molar-refractivity contribution in [3.63, 3.8) is 0 Å². The first-order valence-electron chi connectivity index (χ1n) is 11.8. The van der Waals surface area contributed by atoms with E-state index in [4.69, 9.17) is 4.74 Å². The number of nitrogens with one attached hydrogen (secondary N) is 1.